The predicted octanol–water partition coefficient (Wildman–Crippen LogP) is 2.35. The third kappa shape index (κ3) is 1.29. The summed E-state index contributed by atoms with van der Waals surface area (Å²) in [6.45, 7) is 0. The molecule has 0 amide bonds. The zero-order chi connectivity index (χ0) is 8.55. The lowest BCUT2D eigenvalue weighted by molar-refractivity contribution is 0.896. The van der Waals surface area contributed by atoms with Gasteiger partial charge < -0.3 is 4.98 Å². The van der Waals surface area contributed by atoms with Crippen LogP contribution in [0.25, 0.3) is 0 Å². The molecule has 1 N–H and O–H groups in total. The van der Waals surface area contributed by atoms with Crippen molar-refractivity contribution in [2.24, 2.45) is 0 Å². The van der Waals surface area contributed by atoms with Gasteiger partial charge in [0.25, 0.3) is 0 Å². The van der Waals surface area contributed by atoms with Gasteiger partial charge >= 0.3 is 0 Å². The minimum absolute atomic E-state index is 0.625. The quantitative estimate of drug-likeness (QED) is 0.426. The fourth-order valence-electron chi connectivity index (χ4n) is 1.60. The lowest BCUT2D eigenvalue weighted by atomic mass is 10.3. The zero-order valence-corrected chi connectivity index (χ0v) is 8.52. The topological polar surface area (TPSA) is 28.7 Å². The number of hydrogen-bond donors (Lipinski definition) is 1. The molecule has 1 aliphatic rings. The lowest BCUT2D eigenvalue weighted by Crippen LogP contribution is -1.95. The first kappa shape index (κ1) is 8.26. The second kappa shape index (κ2) is 3.18. The molecule has 0 radical (unpaired) electrons. The fourth-order valence-corrected chi connectivity index (χ4v) is 2.53. The van der Waals surface area contributed by atoms with E-state index in [1.165, 1.54) is 17.7 Å². The molecule has 0 bridgehead atoms. The highest BCUT2D eigenvalue weighted by molar-refractivity contribution is 7.98. The van der Waals surface area contributed by atoms with Gasteiger partial charge in [0.05, 0.1) is 0 Å². The molecule has 0 fully saturated rings. The molecular formula is C8H10N2S2. The van der Waals surface area contributed by atoms with E-state index < -0.39 is 0 Å². The molecule has 1 aromatic rings. The van der Waals surface area contributed by atoms with E-state index in [-0.39, 0.29) is 0 Å². The van der Waals surface area contributed by atoms with Crippen LogP contribution in [-0.4, -0.2) is 16.2 Å². The van der Waals surface area contributed by atoms with Crippen molar-refractivity contribution in [2.45, 2.75) is 24.3 Å². The van der Waals surface area contributed by atoms with E-state index in [9.17, 15) is 0 Å². The van der Waals surface area contributed by atoms with Gasteiger partial charge in [-0.25, -0.2) is 4.98 Å². The Morgan fingerprint density at radius 1 is 1.50 bits per heavy atom. The first-order valence-corrected chi connectivity index (χ1v) is 5.60. The second-order valence-corrected chi connectivity index (χ2v) is 4.04. The highest BCUT2D eigenvalue weighted by Crippen LogP contribution is 2.27. The average molecular weight is 198 g/mol. The van der Waals surface area contributed by atoms with Crippen LogP contribution in [0.5, 0.6) is 0 Å². The van der Waals surface area contributed by atoms with Crippen molar-refractivity contribution in [1.29, 1.82) is 0 Å². The van der Waals surface area contributed by atoms with Crippen molar-refractivity contribution >= 4 is 24.0 Å². The summed E-state index contributed by atoms with van der Waals surface area (Å²) in [4.78, 5) is 7.44. The van der Waals surface area contributed by atoms with Crippen LogP contribution in [0.4, 0.5) is 0 Å². The van der Waals surface area contributed by atoms with Gasteiger partial charge in [0.1, 0.15) is 5.03 Å². The lowest BCUT2D eigenvalue weighted by Gasteiger charge is -2.03. The summed E-state index contributed by atoms with van der Waals surface area (Å²) in [5.41, 5.74) is 2.69. The Hall–Kier alpha value is -0.350. The SMILES string of the molecule is CSc1nc(=S)[nH]c2c1CCC2. The molecule has 1 aliphatic carbocycles. The monoisotopic (exact) mass is 198 g/mol. The molecule has 4 heteroatoms. The molecule has 12 heavy (non-hydrogen) atoms. The highest BCUT2D eigenvalue weighted by Gasteiger charge is 2.15. The largest absolute Gasteiger partial charge is 0.334 e. The average Bonchev–Trinajstić information content (AvgIpc) is 2.50. The van der Waals surface area contributed by atoms with Crippen molar-refractivity contribution in [1.82, 2.24) is 9.97 Å². The standard InChI is InChI=1S/C8H10N2S2/c1-12-7-5-3-2-4-6(5)9-8(11)10-7/h2-4H2,1H3,(H,9,10,11). The Morgan fingerprint density at radius 3 is 3.08 bits per heavy atom. The summed E-state index contributed by atoms with van der Waals surface area (Å²) < 4.78 is 0.625. The van der Waals surface area contributed by atoms with Crippen LogP contribution in [0.15, 0.2) is 5.03 Å². The Kier molecular flexibility index (Phi) is 2.19. The summed E-state index contributed by atoms with van der Waals surface area (Å²) in [5.74, 6) is 0. The molecule has 0 aromatic carbocycles. The summed E-state index contributed by atoms with van der Waals surface area (Å²) in [6.07, 6.45) is 5.58. The number of aryl methyl sites for hydroxylation is 1. The summed E-state index contributed by atoms with van der Waals surface area (Å²) in [6, 6.07) is 0. The first-order chi connectivity index (χ1) is 5.81. The molecule has 0 atom stereocenters. The summed E-state index contributed by atoms with van der Waals surface area (Å²) in [7, 11) is 0. The van der Waals surface area contributed by atoms with E-state index in [4.69, 9.17) is 12.2 Å². The van der Waals surface area contributed by atoms with Gasteiger partial charge in [0.2, 0.25) is 0 Å². The van der Waals surface area contributed by atoms with Gasteiger partial charge in [-0.1, -0.05) is 0 Å². The van der Waals surface area contributed by atoms with Gasteiger partial charge in [-0.2, -0.15) is 0 Å². The Labute approximate surface area is 80.8 Å². The molecule has 2 nitrogen and oxygen atoms in total. The summed E-state index contributed by atoms with van der Waals surface area (Å²) >= 11 is 6.72. The van der Waals surface area contributed by atoms with Crippen LogP contribution in [0.2, 0.25) is 0 Å². The van der Waals surface area contributed by atoms with E-state index in [1.54, 1.807) is 11.8 Å². The van der Waals surface area contributed by atoms with Crippen LogP contribution in [-0.2, 0) is 12.8 Å². The van der Waals surface area contributed by atoms with Crippen LogP contribution in [0, 0.1) is 4.77 Å². The second-order valence-electron chi connectivity index (χ2n) is 2.86. The third-order valence-corrected chi connectivity index (χ3v) is 3.05. The maximum absolute atomic E-state index is 5.03. The molecule has 1 heterocycles. The Bertz CT molecular complexity index is 357. The molecule has 0 spiro atoms. The van der Waals surface area contributed by atoms with E-state index in [0.717, 1.165) is 17.9 Å². The smallest absolute Gasteiger partial charge is 0.198 e. The van der Waals surface area contributed by atoms with E-state index in [0.29, 0.717) is 4.77 Å². The van der Waals surface area contributed by atoms with Crippen molar-refractivity contribution in [3.05, 3.63) is 16.0 Å². The van der Waals surface area contributed by atoms with Crippen LogP contribution in [0.1, 0.15) is 17.7 Å². The van der Waals surface area contributed by atoms with Crippen molar-refractivity contribution in [3.63, 3.8) is 0 Å². The Balaban J connectivity index is 2.62. The number of aromatic nitrogens is 2. The van der Waals surface area contributed by atoms with Gasteiger partial charge in [0.15, 0.2) is 4.77 Å². The van der Waals surface area contributed by atoms with E-state index in [1.807, 2.05) is 0 Å². The third-order valence-electron chi connectivity index (χ3n) is 2.13. The maximum Gasteiger partial charge on any atom is 0.198 e. The van der Waals surface area contributed by atoms with Gasteiger partial charge in [-0.15, -0.1) is 11.8 Å². The molecule has 2 rings (SSSR count). The van der Waals surface area contributed by atoms with E-state index >= 15 is 0 Å². The van der Waals surface area contributed by atoms with Gasteiger partial charge in [-0.05, 0) is 37.7 Å². The van der Waals surface area contributed by atoms with Gasteiger partial charge in [0, 0.05) is 11.3 Å². The van der Waals surface area contributed by atoms with Crippen LogP contribution in [0.3, 0.4) is 0 Å². The molecule has 1 aromatic heterocycles. The number of nitrogens with one attached hydrogen (secondary N) is 1. The number of hydrogen-bond acceptors (Lipinski definition) is 3. The zero-order valence-electron chi connectivity index (χ0n) is 6.89. The maximum atomic E-state index is 5.03. The number of aromatic amines is 1. The number of H-pyrrole nitrogens is 1. The number of thioether (sulfide) groups is 1. The highest BCUT2D eigenvalue weighted by atomic mass is 32.2. The van der Waals surface area contributed by atoms with Crippen molar-refractivity contribution in [3.8, 4) is 0 Å². The first-order valence-electron chi connectivity index (χ1n) is 3.97. The van der Waals surface area contributed by atoms with Gasteiger partial charge in [-0.3, -0.25) is 0 Å². The predicted molar refractivity (Wildman–Crippen MR) is 53.2 cm³/mol. The normalized spacial score (nSPS) is 14.8. The fraction of sp³-hybridized carbons (Fsp3) is 0.500. The minimum atomic E-state index is 0.625. The molecular weight excluding hydrogens is 188 g/mol. The number of fused-ring (bicyclic) bond motifs is 1. The molecule has 0 aliphatic heterocycles. The number of nitrogens with zero attached hydrogens (tertiary/aromatic N) is 1. The van der Waals surface area contributed by atoms with Crippen LogP contribution >= 0.6 is 24.0 Å². The minimum Gasteiger partial charge on any atom is -0.334 e. The summed E-state index contributed by atoms with van der Waals surface area (Å²) in [5, 5.41) is 1.12. The van der Waals surface area contributed by atoms with Crippen molar-refractivity contribution < 1.29 is 0 Å². The Morgan fingerprint density at radius 2 is 2.33 bits per heavy atom. The molecule has 64 valence electrons. The molecule has 0 saturated heterocycles. The molecule has 0 saturated carbocycles. The van der Waals surface area contributed by atoms with Crippen molar-refractivity contribution in [2.75, 3.05) is 6.26 Å². The van der Waals surface area contributed by atoms with E-state index in [2.05, 4.69) is 16.2 Å². The van der Waals surface area contributed by atoms with Crippen LogP contribution < -0.4 is 0 Å². The molecule has 0 unspecified atom stereocenters. The number of rotatable bonds is 1.